The molecule has 0 saturated heterocycles. The number of nitrogen functional groups attached to an aromatic ring is 1. The largest absolute Gasteiger partial charge is 0.508 e. The Hall–Kier alpha value is -2.17. The monoisotopic (exact) mass is 248 g/mol. The van der Waals surface area contributed by atoms with Crippen molar-refractivity contribution >= 4 is 22.7 Å². The maximum Gasteiger partial charge on any atom is 0.311 e. The van der Waals surface area contributed by atoms with Crippen molar-refractivity contribution in [3.05, 3.63) is 18.2 Å². The fraction of sp³-hybridized carbons (Fsp3) is 0.308. The Morgan fingerprint density at radius 2 is 2.28 bits per heavy atom. The van der Waals surface area contributed by atoms with E-state index in [0.29, 0.717) is 23.4 Å². The van der Waals surface area contributed by atoms with Crippen LogP contribution in [0.3, 0.4) is 0 Å². The summed E-state index contributed by atoms with van der Waals surface area (Å²) in [7, 11) is 0. The van der Waals surface area contributed by atoms with Gasteiger partial charge in [0, 0.05) is 11.8 Å². The van der Waals surface area contributed by atoms with Crippen LogP contribution in [0.15, 0.2) is 18.2 Å². The van der Waals surface area contributed by atoms with E-state index in [4.69, 9.17) is 10.5 Å². The minimum atomic E-state index is -0.312. The third-order valence-corrected chi connectivity index (χ3v) is 2.71. The lowest BCUT2D eigenvalue weighted by Crippen LogP contribution is -2.08. The van der Waals surface area contributed by atoms with Crippen LogP contribution in [-0.4, -0.2) is 16.1 Å². The number of aromatic hydroxyl groups is 1. The topological polar surface area (TPSA) is 88.3 Å². The van der Waals surface area contributed by atoms with Gasteiger partial charge in [0.1, 0.15) is 11.6 Å². The van der Waals surface area contributed by atoms with Crippen molar-refractivity contribution in [3.8, 4) is 11.5 Å². The van der Waals surface area contributed by atoms with Crippen molar-refractivity contribution < 1.29 is 14.6 Å². The number of aromatic nitrogens is 1. The molecule has 0 amide bonds. The number of anilines is 1. The Kier molecular flexibility index (Phi) is 3.41. The van der Waals surface area contributed by atoms with Crippen LogP contribution >= 0.6 is 0 Å². The molecule has 1 heterocycles. The van der Waals surface area contributed by atoms with E-state index < -0.39 is 0 Å². The van der Waals surface area contributed by atoms with Crippen molar-refractivity contribution in [2.75, 3.05) is 5.73 Å². The molecule has 5 nitrogen and oxygen atoms in total. The van der Waals surface area contributed by atoms with Crippen LogP contribution in [0.2, 0.25) is 0 Å². The zero-order valence-electron chi connectivity index (χ0n) is 10.2. The zero-order chi connectivity index (χ0) is 13.1. The highest BCUT2D eigenvalue weighted by molar-refractivity contribution is 5.94. The number of nitrogens with two attached hydrogens (primary N) is 1. The van der Waals surface area contributed by atoms with Crippen LogP contribution in [0.5, 0.6) is 11.5 Å². The lowest BCUT2D eigenvalue weighted by atomic mass is 10.2. The highest BCUT2D eigenvalue weighted by Gasteiger charge is 2.14. The molecule has 2 aromatic rings. The second-order valence-electron chi connectivity index (χ2n) is 4.18. The Morgan fingerprint density at radius 1 is 1.50 bits per heavy atom. The first-order valence-electron chi connectivity index (χ1n) is 5.92. The van der Waals surface area contributed by atoms with Gasteiger partial charge in [0.2, 0.25) is 0 Å². The maximum absolute atomic E-state index is 11.6. The molecule has 96 valence electrons. The van der Waals surface area contributed by atoms with Gasteiger partial charge in [-0.2, -0.15) is 0 Å². The first kappa shape index (κ1) is 12.3. The molecule has 0 atom stereocenters. The fourth-order valence-corrected chi connectivity index (χ4v) is 1.77. The summed E-state index contributed by atoms with van der Waals surface area (Å²) in [6, 6.07) is 4.75. The number of benzene rings is 1. The summed E-state index contributed by atoms with van der Waals surface area (Å²) in [5.41, 5.74) is 6.49. The number of hydrogen-bond acceptors (Lipinski definition) is 4. The van der Waals surface area contributed by atoms with E-state index >= 15 is 0 Å². The third kappa shape index (κ3) is 2.40. The Labute approximate surface area is 105 Å². The number of unbranched alkanes of at least 4 members (excludes halogenated alkanes) is 1. The third-order valence-electron chi connectivity index (χ3n) is 2.71. The number of phenols is 1. The van der Waals surface area contributed by atoms with Gasteiger partial charge in [0.25, 0.3) is 0 Å². The van der Waals surface area contributed by atoms with Crippen LogP contribution in [-0.2, 0) is 4.79 Å². The average Bonchev–Trinajstić information content (AvgIpc) is 2.63. The van der Waals surface area contributed by atoms with Gasteiger partial charge in [0.15, 0.2) is 5.75 Å². The second kappa shape index (κ2) is 5.00. The molecule has 2 rings (SSSR count). The Balaban J connectivity index is 2.29. The van der Waals surface area contributed by atoms with Crippen LogP contribution in [0.4, 0.5) is 5.82 Å². The Bertz CT molecular complexity index is 575. The molecule has 18 heavy (non-hydrogen) atoms. The van der Waals surface area contributed by atoms with Crippen molar-refractivity contribution in [1.82, 2.24) is 4.98 Å². The van der Waals surface area contributed by atoms with Gasteiger partial charge < -0.3 is 20.6 Å². The number of esters is 1. The first-order valence-corrected chi connectivity index (χ1v) is 5.92. The SMILES string of the molecule is CCCCC(=O)Oc1c(N)[nH]c2ccc(O)cc12. The lowest BCUT2D eigenvalue weighted by Gasteiger charge is -2.03. The quantitative estimate of drug-likeness (QED) is 0.725. The van der Waals surface area contributed by atoms with E-state index in [2.05, 4.69) is 4.98 Å². The van der Waals surface area contributed by atoms with Crippen molar-refractivity contribution in [3.63, 3.8) is 0 Å². The molecule has 4 N–H and O–H groups in total. The highest BCUT2D eigenvalue weighted by Crippen LogP contribution is 2.34. The molecule has 0 fully saturated rings. The molecule has 1 aromatic heterocycles. The predicted octanol–water partition coefficient (Wildman–Crippen LogP) is 2.55. The molecule has 0 aliphatic rings. The summed E-state index contributed by atoms with van der Waals surface area (Å²) in [6.07, 6.45) is 2.08. The molecule has 0 radical (unpaired) electrons. The summed E-state index contributed by atoms with van der Waals surface area (Å²) < 4.78 is 5.25. The van der Waals surface area contributed by atoms with Crippen LogP contribution in [0, 0.1) is 0 Å². The normalized spacial score (nSPS) is 10.7. The molecule has 0 aliphatic carbocycles. The number of fused-ring (bicyclic) bond motifs is 1. The van der Waals surface area contributed by atoms with E-state index in [1.54, 1.807) is 12.1 Å². The molecular formula is C13H16N2O3. The van der Waals surface area contributed by atoms with Crippen molar-refractivity contribution in [2.45, 2.75) is 26.2 Å². The summed E-state index contributed by atoms with van der Waals surface area (Å²) in [5.74, 6) is 0.377. The minimum absolute atomic E-state index is 0.104. The smallest absolute Gasteiger partial charge is 0.311 e. The molecule has 0 aliphatic heterocycles. The van der Waals surface area contributed by atoms with Gasteiger partial charge in [-0.05, 0) is 24.6 Å². The van der Waals surface area contributed by atoms with E-state index in [9.17, 15) is 9.90 Å². The minimum Gasteiger partial charge on any atom is -0.508 e. The number of hydrogen-bond donors (Lipinski definition) is 3. The standard InChI is InChI=1S/C13H16N2O3/c1-2-3-4-11(17)18-12-9-7-8(16)5-6-10(9)15-13(12)14/h5-7,15-16H,2-4,14H2,1H3. The molecular weight excluding hydrogens is 232 g/mol. The summed E-state index contributed by atoms with van der Waals surface area (Å²) in [6.45, 7) is 2.01. The number of ether oxygens (including phenoxy) is 1. The van der Waals surface area contributed by atoms with Gasteiger partial charge >= 0.3 is 5.97 Å². The van der Waals surface area contributed by atoms with Gasteiger partial charge in [-0.3, -0.25) is 4.79 Å². The molecule has 0 unspecified atom stereocenters. The highest BCUT2D eigenvalue weighted by atomic mass is 16.5. The van der Waals surface area contributed by atoms with Gasteiger partial charge in [-0.1, -0.05) is 13.3 Å². The average molecular weight is 248 g/mol. The maximum atomic E-state index is 11.6. The van der Waals surface area contributed by atoms with Gasteiger partial charge in [0.05, 0.1) is 5.52 Å². The number of carbonyl (C=O) groups is 1. The molecule has 1 aromatic carbocycles. The number of phenolic OH excluding ortho intramolecular Hbond substituents is 1. The zero-order valence-corrected chi connectivity index (χ0v) is 10.2. The number of rotatable bonds is 4. The van der Waals surface area contributed by atoms with Crippen LogP contribution in [0.1, 0.15) is 26.2 Å². The predicted molar refractivity (Wildman–Crippen MR) is 69.5 cm³/mol. The van der Waals surface area contributed by atoms with E-state index in [-0.39, 0.29) is 11.7 Å². The number of carbonyl (C=O) groups excluding carboxylic acids is 1. The number of nitrogens with one attached hydrogen (secondary N) is 1. The Morgan fingerprint density at radius 3 is 3.00 bits per heavy atom. The first-order chi connectivity index (χ1) is 8.61. The molecule has 0 saturated carbocycles. The van der Waals surface area contributed by atoms with Crippen LogP contribution in [0.25, 0.3) is 10.9 Å². The van der Waals surface area contributed by atoms with Crippen molar-refractivity contribution in [2.24, 2.45) is 0 Å². The summed E-state index contributed by atoms with van der Waals surface area (Å²) in [4.78, 5) is 14.5. The number of H-pyrrole nitrogens is 1. The molecule has 0 bridgehead atoms. The van der Waals surface area contributed by atoms with Gasteiger partial charge in [-0.15, -0.1) is 0 Å². The number of aromatic amines is 1. The second-order valence-corrected chi connectivity index (χ2v) is 4.18. The summed E-state index contributed by atoms with van der Waals surface area (Å²) >= 11 is 0. The fourth-order valence-electron chi connectivity index (χ4n) is 1.77. The van der Waals surface area contributed by atoms with Crippen LogP contribution < -0.4 is 10.5 Å². The van der Waals surface area contributed by atoms with Gasteiger partial charge in [-0.25, -0.2) is 0 Å². The molecule has 0 spiro atoms. The van der Waals surface area contributed by atoms with Crippen molar-refractivity contribution in [1.29, 1.82) is 0 Å². The van der Waals surface area contributed by atoms with E-state index in [1.165, 1.54) is 6.07 Å². The van der Waals surface area contributed by atoms with E-state index in [0.717, 1.165) is 18.4 Å². The molecule has 5 heteroatoms. The van der Waals surface area contributed by atoms with E-state index in [1.807, 2.05) is 6.92 Å². The lowest BCUT2D eigenvalue weighted by molar-refractivity contribution is -0.134. The summed E-state index contributed by atoms with van der Waals surface area (Å²) in [5, 5.41) is 10.1.